The molecule has 0 aromatic heterocycles. The molecule has 0 aliphatic carbocycles. The van der Waals surface area contributed by atoms with Gasteiger partial charge >= 0.3 is 84.5 Å². The first-order valence-electron chi connectivity index (χ1n) is 4.05. The molecule has 0 saturated carbocycles. The van der Waals surface area contributed by atoms with E-state index in [1.165, 1.54) is 30.6 Å². The van der Waals surface area contributed by atoms with Crippen LogP contribution in [0, 0.1) is 0 Å². The quantitative estimate of drug-likeness (QED) is 0.896. The van der Waals surface area contributed by atoms with Crippen molar-refractivity contribution >= 4 is 10.1 Å². The zero-order chi connectivity index (χ0) is 8.97. The third-order valence-corrected chi connectivity index (χ3v) is 2.44. The third kappa shape index (κ3) is 2.56. The van der Waals surface area contributed by atoms with Crippen molar-refractivity contribution in [3.05, 3.63) is 29.8 Å². The number of nitrogens with one attached hydrogen (secondary N) is 1. The molecule has 64 valence electrons. The van der Waals surface area contributed by atoms with E-state index in [1.807, 2.05) is 0 Å². The summed E-state index contributed by atoms with van der Waals surface area (Å²) >= 11 is 1.49. The van der Waals surface area contributed by atoms with E-state index >= 15 is 0 Å². The predicted octanol–water partition coefficient (Wildman–Crippen LogP) is 2.20. The average Bonchev–Trinajstić information content (AvgIpc) is 2.04. The second-order valence-corrected chi connectivity index (χ2v) is 3.85. The van der Waals surface area contributed by atoms with Crippen LogP contribution in [0.15, 0.2) is 24.3 Å². The summed E-state index contributed by atoms with van der Waals surface area (Å²) in [6.07, 6.45) is 0. The number of rotatable bonds is 3. The van der Waals surface area contributed by atoms with Crippen molar-refractivity contribution in [2.24, 2.45) is 0 Å². The summed E-state index contributed by atoms with van der Waals surface area (Å²) in [6, 6.07) is 8.89. The summed E-state index contributed by atoms with van der Waals surface area (Å²) in [5.41, 5.74) is 2.55. The van der Waals surface area contributed by atoms with Gasteiger partial charge in [0, 0.05) is 0 Å². The van der Waals surface area contributed by atoms with Gasteiger partial charge in [0.15, 0.2) is 0 Å². The van der Waals surface area contributed by atoms with Crippen LogP contribution in [0.2, 0.25) is 0 Å². The fourth-order valence-electron chi connectivity index (χ4n) is 1.04. The molecule has 1 aromatic carbocycles. The van der Waals surface area contributed by atoms with Crippen molar-refractivity contribution < 1.29 is 19.4 Å². The monoisotopic (exact) mass is 331 g/mol. The van der Waals surface area contributed by atoms with Gasteiger partial charge in [0.05, 0.1) is 0 Å². The molecule has 1 rings (SSSR count). The second-order valence-electron chi connectivity index (χ2n) is 3.00. The molecule has 0 fully saturated rings. The van der Waals surface area contributed by atoms with Crippen molar-refractivity contribution in [1.29, 1.82) is 0 Å². The van der Waals surface area contributed by atoms with Crippen LogP contribution in [-0.4, -0.2) is 10.4 Å². The Bertz CT molecular complexity index is 268. The van der Waals surface area contributed by atoms with Gasteiger partial charge in [-0.1, -0.05) is 0 Å². The van der Waals surface area contributed by atoms with Gasteiger partial charge in [-0.2, -0.15) is 0 Å². The molecule has 0 aliphatic rings. The Labute approximate surface area is 84.6 Å². The van der Waals surface area contributed by atoms with Crippen LogP contribution in [0.3, 0.4) is 0 Å². The fraction of sp³-hybridized carbons (Fsp3) is 0.300. The molecule has 0 amide bonds. The molecule has 0 saturated heterocycles. The van der Waals surface area contributed by atoms with Crippen LogP contribution in [0.4, 0.5) is 5.69 Å². The van der Waals surface area contributed by atoms with E-state index in [-0.39, 0.29) is 0 Å². The molecule has 2 heteroatoms. The fourth-order valence-corrected chi connectivity index (χ4v) is 1.78. The van der Waals surface area contributed by atoms with Crippen LogP contribution in [-0.2, 0) is 19.4 Å². The van der Waals surface area contributed by atoms with Crippen LogP contribution < -0.4 is 5.32 Å². The Morgan fingerprint density at radius 2 is 2.00 bits per heavy atom. The summed E-state index contributed by atoms with van der Waals surface area (Å²) in [4.78, 5) is 0. The average molecular weight is 331 g/mol. The Hall–Kier alpha value is -0.422. The van der Waals surface area contributed by atoms with E-state index in [1.54, 1.807) is 0 Å². The van der Waals surface area contributed by atoms with Crippen LogP contribution in [0.25, 0.3) is 0 Å². The zero-order valence-corrected chi connectivity index (χ0v) is 10.3. The minimum atomic E-state index is 0.501. The molecule has 0 unspecified atom stereocenters. The molecular formula is C10H13NW. The third-order valence-electron chi connectivity index (χ3n) is 1.53. The molecular weight excluding hydrogens is 318 g/mol. The summed E-state index contributed by atoms with van der Waals surface area (Å²) < 4.78 is 2.20. The van der Waals surface area contributed by atoms with Crippen LogP contribution in [0.5, 0.6) is 0 Å². The first kappa shape index (κ1) is 9.66. The predicted molar refractivity (Wildman–Crippen MR) is 50.4 cm³/mol. The molecule has 1 nitrogen and oxygen atoms in total. The molecule has 0 spiro atoms. The zero-order valence-electron chi connectivity index (χ0n) is 7.37. The molecule has 0 aliphatic heterocycles. The van der Waals surface area contributed by atoms with E-state index in [2.05, 4.69) is 47.8 Å². The molecule has 1 aromatic rings. The van der Waals surface area contributed by atoms with Gasteiger partial charge in [0.2, 0.25) is 0 Å². The van der Waals surface area contributed by atoms with Crippen LogP contribution in [0.1, 0.15) is 19.4 Å². The van der Waals surface area contributed by atoms with Crippen molar-refractivity contribution in [2.75, 3.05) is 5.32 Å². The Kier molecular flexibility index (Phi) is 3.68. The molecule has 12 heavy (non-hydrogen) atoms. The molecule has 0 radical (unpaired) electrons. The number of benzene rings is 1. The molecule has 0 atom stereocenters. The van der Waals surface area contributed by atoms with Gasteiger partial charge in [-0.25, -0.2) is 0 Å². The van der Waals surface area contributed by atoms with Gasteiger partial charge < -0.3 is 0 Å². The number of hydrogen-bond donors (Lipinski definition) is 1. The van der Waals surface area contributed by atoms with Crippen molar-refractivity contribution in [3.8, 4) is 0 Å². The van der Waals surface area contributed by atoms with E-state index in [9.17, 15) is 0 Å². The Morgan fingerprint density at radius 3 is 2.58 bits per heavy atom. The van der Waals surface area contributed by atoms with Gasteiger partial charge in [-0.05, 0) is 0 Å². The van der Waals surface area contributed by atoms with E-state index in [0.717, 1.165) is 0 Å². The van der Waals surface area contributed by atoms with Gasteiger partial charge in [-0.15, -0.1) is 0 Å². The van der Waals surface area contributed by atoms with Gasteiger partial charge in [0.1, 0.15) is 0 Å². The van der Waals surface area contributed by atoms with E-state index in [4.69, 9.17) is 0 Å². The van der Waals surface area contributed by atoms with E-state index < -0.39 is 0 Å². The Morgan fingerprint density at radius 1 is 1.33 bits per heavy atom. The summed E-state index contributed by atoms with van der Waals surface area (Å²) in [5.74, 6) is 0. The normalized spacial score (nSPS) is 9.92. The van der Waals surface area contributed by atoms with Gasteiger partial charge in [-0.3, -0.25) is 0 Å². The minimum absolute atomic E-state index is 0.501. The van der Waals surface area contributed by atoms with Crippen molar-refractivity contribution in [3.63, 3.8) is 0 Å². The summed E-state index contributed by atoms with van der Waals surface area (Å²) in [5, 5.41) is 3.41. The number of para-hydroxylation sites is 1. The summed E-state index contributed by atoms with van der Waals surface area (Å²) in [7, 11) is 0. The first-order valence-corrected chi connectivity index (χ1v) is 5.74. The SMILES string of the molecule is CC(C)Nc1ccccc1[CH]=[W]. The maximum absolute atomic E-state index is 3.41. The van der Waals surface area contributed by atoms with E-state index in [0.29, 0.717) is 6.04 Å². The van der Waals surface area contributed by atoms with Crippen molar-refractivity contribution in [1.82, 2.24) is 0 Å². The first-order chi connectivity index (χ1) is 5.74. The number of hydrogen-bond acceptors (Lipinski definition) is 1. The molecule has 1 N–H and O–H groups in total. The van der Waals surface area contributed by atoms with Gasteiger partial charge in [0.25, 0.3) is 0 Å². The number of anilines is 1. The topological polar surface area (TPSA) is 12.0 Å². The Balaban J connectivity index is 2.89. The second kappa shape index (κ2) is 4.57. The van der Waals surface area contributed by atoms with Crippen LogP contribution >= 0.6 is 0 Å². The maximum atomic E-state index is 3.41. The van der Waals surface area contributed by atoms with Crippen molar-refractivity contribution in [2.45, 2.75) is 19.9 Å². The summed E-state index contributed by atoms with van der Waals surface area (Å²) in [6.45, 7) is 4.30. The standard InChI is InChI=1S/C10H13N.W/c1-8(2)11-10-7-5-4-6-9(10)3;/h3-8,11H,1-2H3;. The molecule has 0 heterocycles. The molecule has 0 bridgehead atoms.